The van der Waals surface area contributed by atoms with Gasteiger partial charge in [0.05, 0.1) is 23.5 Å². The number of nitrogens with zero attached hydrogens (tertiary/aromatic N) is 5. The maximum atomic E-state index is 14.2. The topological polar surface area (TPSA) is 100 Å². The fraction of sp³-hybridized carbons (Fsp3) is 0.571. The highest BCUT2D eigenvalue weighted by Crippen LogP contribution is 2.35. The van der Waals surface area contributed by atoms with Crippen molar-refractivity contribution in [1.82, 2.24) is 19.6 Å². The lowest BCUT2D eigenvalue weighted by molar-refractivity contribution is -0.117. The molecule has 2 aromatic rings. The van der Waals surface area contributed by atoms with E-state index in [1.54, 1.807) is 15.8 Å². The van der Waals surface area contributed by atoms with Gasteiger partial charge in [-0.3, -0.25) is 14.3 Å². The Morgan fingerprint density at radius 2 is 1.79 bits per heavy atom. The number of aryl methyl sites for hydroxylation is 1. The third kappa shape index (κ3) is 5.79. The molecule has 10 nitrogen and oxygen atoms in total. The highest BCUT2D eigenvalue weighted by atomic mass is 16.6. The molecule has 1 aromatic heterocycles. The molecule has 1 aliphatic carbocycles. The molecule has 1 N–H and O–H groups in total. The van der Waals surface area contributed by atoms with Crippen LogP contribution in [0.2, 0.25) is 0 Å². The molecule has 1 atom stereocenters. The van der Waals surface area contributed by atoms with Crippen LogP contribution in [0, 0.1) is 5.92 Å². The third-order valence-electron chi connectivity index (χ3n) is 7.29. The van der Waals surface area contributed by atoms with E-state index in [1.807, 2.05) is 57.1 Å². The van der Waals surface area contributed by atoms with Crippen molar-refractivity contribution in [1.29, 1.82) is 0 Å². The zero-order chi connectivity index (χ0) is 27.0. The average Bonchev–Trinajstić information content (AvgIpc) is 3.40. The maximum Gasteiger partial charge on any atom is 0.410 e. The Labute approximate surface area is 223 Å². The number of carbonyl (C=O) groups excluding carboxylic acids is 3. The van der Waals surface area contributed by atoms with Gasteiger partial charge in [0.1, 0.15) is 5.60 Å². The van der Waals surface area contributed by atoms with Crippen LogP contribution >= 0.6 is 0 Å². The quantitative estimate of drug-likeness (QED) is 0.641. The standard InChI is InChI=1S/C28H38N6O4/c1-28(2,3)38-27(37)33-13-14-34(24(18-33)20-16-29-31(4)17-20)26(36)22-10-9-21(30-25(35)19-7-8-19)15-23(22)32-11-5-6-12-32/h9-10,15-17,19,24H,5-8,11-14,18H2,1-4H3,(H,30,35). The van der Waals surface area contributed by atoms with Gasteiger partial charge in [0.15, 0.2) is 0 Å². The molecule has 5 rings (SSSR count). The van der Waals surface area contributed by atoms with E-state index < -0.39 is 5.60 Å². The SMILES string of the molecule is Cn1cc(C2CN(C(=O)OC(C)(C)C)CCN2C(=O)c2ccc(NC(=O)C3CC3)cc2N2CCCC2)cn1. The smallest absolute Gasteiger partial charge is 0.410 e. The lowest BCUT2D eigenvalue weighted by Crippen LogP contribution is -2.53. The normalized spacial score (nSPS) is 20.0. The van der Waals surface area contributed by atoms with Gasteiger partial charge in [-0.05, 0) is 64.7 Å². The highest BCUT2D eigenvalue weighted by molar-refractivity contribution is 6.02. The van der Waals surface area contributed by atoms with E-state index in [4.69, 9.17) is 4.74 Å². The first-order valence-electron chi connectivity index (χ1n) is 13.6. The second kappa shape index (κ2) is 10.3. The van der Waals surface area contributed by atoms with Crippen LogP contribution in [0.15, 0.2) is 30.6 Å². The van der Waals surface area contributed by atoms with Crippen LogP contribution in [0.3, 0.4) is 0 Å². The van der Waals surface area contributed by atoms with E-state index in [2.05, 4.69) is 15.3 Å². The number of piperazine rings is 1. The monoisotopic (exact) mass is 522 g/mol. The Hall–Kier alpha value is -3.56. The highest BCUT2D eigenvalue weighted by Gasteiger charge is 2.37. The Kier molecular flexibility index (Phi) is 7.07. The summed E-state index contributed by atoms with van der Waals surface area (Å²) in [7, 11) is 1.84. The molecule has 0 spiro atoms. The van der Waals surface area contributed by atoms with Gasteiger partial charge in [-0.15, -0.1) is 0 Å². The zero-order valence-corrected chi connectivity index (χ0v) is 22.8. The van der Waals surface area contributed by atoms with Gasteiger partial charge in [-0.25, -0.2) is 4.79 Å². The van der Waals surface area contributed by atoms with Crippen molar-refractivity contribution >= 4 is 29.3 Å². The van der Waals surface area contributed by atoms with Gasteiger partial charge in [0, 0.05) is 63.1 Å². The van der Waals surface area contributed by atoms with Crippen molar-refractivity contribution in [3.63, 3.8) is 0 Å². The molecule has 38 heavy (non-hydrogen) atoms. The number of ether oxygens (including phenoxy) is 1. The molecule has 3 fully saturated rings. The minimum atomic E-state index is -0.602. The molecule has 2 saturated heterocycles. The number of aromatic nitrogens is 2. The second-order valence-electron chi connectivity index (χ2n) is 11.6. The Balaban J connectivity index is 1.43. The molecule has 0 radical (unpaired) electrons. The van der Waals surface area contributed by atoms with Gasteiger partial charge < -0.3 is 24.8 Å². The van der Waals surface area contributed by atoms with Crippen molar-refractivity contribution in [3.8, 4) is 0 Å². The van der Waals surface area contributed by atoms with Crippen LogP contribution in [-0.4, -0.2) is 75.8 Å². The molecule has 1 saturated carbocycles. The Morgan fingerprint density at radius 3 is 2.42 bits per heavy atom. The maximum absolute atomic E-state index is 14.2. The number of nitrogens with one attached hydrogen (secondary N) is 1. The number of amides is 3. The van der Waals surface area contributed by atoms with Crippen LogP contribution in [0.1, 0.15) is 68.4 Å². The number of anilines is 2. The summed E-state index contributed by atoms with van der Waals surface area (Å²) in [5, 5.41) is 7.35. The van der Waals surface area contributed by atoms with Gasteiger partial charge in [0.2, 0.25) is 5.91 Å². The lowest BCUT2D eigenvalue weighted by Gasteiger charge is -2.41. The molecule has 2 aliphatic heterocycles. The lowest BCUT2D eigenvalue weighted by atomic mass is 10.0. The fourth-order valence-corrected chi connectivity index (χ4v) is 5.17. The minimum absolute atomic E-state index is 0.0476. The molecule has 0 bridgehead atoms. The molecule has 10 heteroatoms. The molecular weight excluding hydrogens is 484 g/mol. The molecular formula is C28H38N6O4. The van der Waals surface area contributed by atoms with Crippen molar-refractivity contribution in [2.75, 3.05) is 42.9 Å². The minimum Gasteiger partial charge on any atom is -0.444 e. The predicted octanol–water partition coefficient (Wildman–Crippen LogP) is 3.80. The summed E-state index contributed by atoms with van der Waals surface area (Å²) in [5.74, 6) is 0.0593. The Morgan fingerprint density at radius 1 is 1.05 bits per heavy atom. The number of benzene rings is 1. The molecule has 1 unspecified atom stereocenters. The summed E-state index contributed by atoms with van der Waals surface area (Å²) < 4.78 is 7.33. The largest absolute Gasteiger partial charge is 0.444 e. The van der Waals surface area contributed by atoms with E-state index in [0.29, 0.717) is 25.2 Å². The summed E-state index contributed by atoms with van der Waals surface area (Å²) in [5.41, 5.74) is 2.44. The number of hydrogen-bond donors (Lipinski definition) is 1. The van der Waals surface area contributed by atoms with Crippen LogP contribution in [0.25, 0.3) is 0 Å². The second-order valence-corrected chi connectivity index (χ2v) is 11.6. The summed E-state index contributed by atoms with van der Waals surface area (Å²) in [6.07, 6.45) is 7.27. The summed E-state index contributed by atoms with van der Waals surface area (Å²) in [4.78, 5) is 45.2. The van der Waals surface area contributed by atoms with Crippen molar-refractivity contribution in [2.24, 2.45) is 13.0 Å². The van der Waals surface area contributed by atoms with Gasteiger partial charge in [-0.1, -0.05) is 0 Å². The van der Waals surface area contributed by atoms with Crippen molar-refractivity contribution in [3.05, 3.63) is 41.7 Å². The first-order valence-corrected chi connectivity index (χ1v) is 13.6. The van der Waals surface area contributed by atoms with E-state index in [-0.39, 0.29) is 29.9 Å². The van der Waals surface area contributed by atoms with E-state index in [1.165, 1.54) is 0 Å². The summed E-state index contributed by atoms with van der Waals surface area (Å²) in [6.45, 7) is 8.36. The molecule has 3 aliphatic rings. The molecule has 3 heterocycles. The first kappa shape index (κ1) is 26.1. The fourth-order valence-electron chi connectivity index (χ4n) is 5.17. The number of hydrogen-bond acceptors (Lipinski definition) is 6. The number of carbonyl (C=O) groups is 3. The third-order valence-corrected chi connectivity index (χ3v) is 7.29. The molecule has 1 aromatic carbocycles. The molecule has 3 amide bonds. The van der Waals surface area contributed by atoms with Crippen LogP contribution < -0.4 is 10.2 Å². The first-order chi connectivity index (χ1) is 18.1. The summed E-state index contributed by atoms with van der Waals surface area (Å²) in [6, 6.07) is 5.23. The zero-order valence-electron chi connectivity index (χ0n) is 22.8. The van der Waals surface area contributed by atoms with Crippen LogP contribution in [0.5, 0.6) is 0 Å². The number of rotatable bonds is 5. The van der Waals surface area contributed by atoms with Crippen molar-refractivity contribution in [2.45, 2.75) is 58.1 Å². The predicted molar refractivity (Wildman–Crippen MR) is 144 cm³/mol. The molecule has 204 valence electrons. The van der Waals surface area contributed by atoms with E-state index >= 15 is 0 Å². The van der Waals surface area contributed by atoms with Crippen molar-refractivity contribution < 1.29 is 19.1 Å². The average molecular weight is 523 g/mol. The van der Waals surface area contributed by atoms with E-state index in [0.717, 1.165) is 55.7 Å². The van der Waals surface area contributed by atoms with Gasteiger partial charge >= 0.3 is 6.09 Å². The van der Waals surface area contributed by atoms with Crippen LogP contribution in [-0.2, 0) is 16.6 Å². The Bertz CT molecular complexity index is 1210. The van der Waals surface area contributed by atoms with Crippen LogP contribution in [0.4, 0.5) is 16.2 Å². The summed E-state index contributed by atoms with van der Waals surface area (Å²) >= 11 is 0. The van der Waals surface area contributed by atoms with Gasteiger partial charge in [-0.2, -0.15) is 5.10 Å². The van der Waals surface area contributed by atoms with Gasteiger partial charge in [0.25, 0.3) is 5.91 Å². The van der Waals surface area contributed by atoms with E-state index in [9.17, 15) is 14.4 Å².